The van der Waals surface area contributed by atoms with Crippen LogP contribution in [0.3, 0.4) is 0 Å². The monoisotopic (exact) mass is 412 g/mol. The first-order chi connectivity index (χ1) is 14.0. The Labute approximate surface area is 170 Å². The zero-order valence-corrected chi connectivity index (χ0v) is 17.4. The van der Waals surface area contributed by atoms with Crippen LogP contribution in [0.25, 0.3) is 0 Å². The molecule has 0 aromatic carbocycles. The van der Waals surface area contributed by atoms with Crippen molar-refractivity contribution in [3.8, 4) is 0 Å². The van der Waals surface area contributed by atoms with E-state index < -0.39 is 0 Å². The maximum atomic E-state index is 12.8. The summed E-state index contributed by atoms with van der Waals surface area (Å²) < 4.78 is 16.3. The summed E-state index contributed by atoms with van der Waals surface area (Å²) >= 11 is 0. The van der Waals surface area contributed by atoms with E-state index in [9.17, 15) is 4.79 Å². The van der Waals surface area contributed by atoms with Crippen LogP contribution in [0.5, 0.6) is 0 Å². The van der Waals surface area contributed by atoms with E-state index in [1.54, 1.807) is 26.0 Å². The van der Waals surface area contributed by atoms with E-state index in [1.165, 1.54) is 0 Å². The summed E-state index contributed by atoms with van der Waals surface area (Å²) in [6.45, 7) is 3.51. The largest absolute Gasteiger partial charge is 0.483 e. The minimum atomic E-state index is -0.250. The standard InChI is InChI=1S/C18H30N4O4.CH2O2/c1-12-19-17(26-21-12)11-22(2)18(23)13-4-5-15(16(10-13)24-3)20-14-6-8-25-9-7-14;2-1-3/h13-16,20H,4-11H2,1-3H3;1H,(H,2,3)/t13-,15+,16+;/m0./s1. The highest BCUT2D eigenvalue weighted by molar-refractivity contribution is 5.78. The second kappa shape index (κ2) is 11.8. The first kappa shape index (κ1) is 23.2. The van der Waals surface area contributed by atoms with Gasteiger partial charge in [0.2, 0.25) is 11.8 Å². The van der Waals surface area contributed by atoms with Crippen LogP contribution in [0, 0.1) is 12.8 Å². The molecule has 1 aliphatic heterocycles. The van der Waals surface area contributed by atoms with Crippen LogP contribution in [0.1, 0.15) is 43.8 Å². The number of aromatic nitrogens is 2. The lowest BCUT2D eigenvalue weighted by Crippen LogP contribution is -2.52. The van der Waals surface area contributed by atoms with E-state index in [4.69, 9.17) is 23.9 Å². The van der Waals surface area contributed by atoms with Crippen LogP contribution < -0.4 is 5.32 Å². The fourth-order valence-corrected chi connectivity index (χ4v) is 3.97. The summed E-state index contributed by atoms with van der Waals surface area (Å²) in [6, 6.07) is 0.790. The Bertz CT molecular complexity index is 634. The Morgan fingerprint density at radius 2 is 2.03 bits per heavy atom. The first-order valence-electron chi connectivity index (χ1n) is 9.97. The molecule has 1 amide bonds. The Morgan fingerprint density at radius 1 is 1.34 bits per heavy atom. The molecule has 0 unspecified atom stereocenters. The van der Waals surface area contributed by atoms with Gasteiger partial charge in [-0.05, 0) is 39.0 Å². The molecule has 10 nitrogen and oxygen atoms in total. The second-order valence-electron chi connectivity index (χ2n) is 7.48. The van der Waals surface area contributed by atoms with E-state index in [0.29, 0.717) is 30.3 Å². The van der Waals surface area contributed by atoms with Gasteiger partial charge in [0.1, 0.15) is 0 Å². The molecule has 2 aliphatic rings. The van der Waals surface area contributed by atoms with Crippen molar-refractivity contribution < 1.29 is 28.7 Å². The highest BCUT2D eigenvalue weighted by atomic mass is 16.5. The SMILES string of the molecule is CO[C@@H]1C[C@@H](C(=O)N(C)Cc2nc(C)no2)CC[C@H]1NC1CCOCC1.O=CO. The smallest absolute Gasteiger partial charge is 0.290 e. The van der Waals surface area contributed by atoms with E-state index in [2.05, 4.69) is 15.5 Å². The number of carbonyl (C=O) groups is 2. The van der Waals surface area contributed by atoms with Crippen molar-refractivity contribution in [2.75, 3.05) is 27.4 Å². The molecule has 2 fully saturated rings. The topological polar surface area (TPSA) is 127 Å². The number of methoxy groups -OCH3 is 1. The molecular formula is C19H32N4O6. The fourth-order valence-electron chi connectivity index (χ4n) is 3.97. The van der Waals surface area contributed by atoms with Crippen LogP contribution >= 0.6 is 0 Å². The van der Waals surface area contributed by atoms with Crippen molar-refractivity contribution in [2.45, 2.75) is 63.8 Å². The minimum absolute atomic E-state index is 0.0262. The van der Waals surface area contributed by atoms with E-state index in [0.717, 1.165) is 45.3 Å². The zero-order chi connectivity index (χ0) is 21.2. The lowest BCUT2D eigenvalue weighted by atomic mass is 9.82. The first-order valence-corrected chi connectivity index (χ1v) is 9.97. The number of ether oxygens (including phenoxy) is 2. The van der Waals surface area contributed by atoms with Crippen molar-refractivity contribution in [1.82, 2.24) is 20.4 Å². The average Bonchev–Trinajstić information content (AvgIpc) is 3.13. The number of amides is 1. The molecule has 2 heterocycles. The highest BCUT2D eigenvalue weighted by Gasteiger charge is 2.36. The summed E-state index contributed by atoms with van der Waals surface area (Å²) in [5.74, 6) is 1.14. The third-order valence-corrected chi connectivity index (χ3v) is 5.43. The molecule has 0 bridgehead atoms. The van der Waals surface area contributed by atoms with Crippen LogP contribution in [0.4, 0.5) is 0 Å². The van der Waals surface area contributed by atoms with Gasteiger partial charge in [0.25, 0.3) is 6.47 Å². The molecule has 29 heavy (non-hydrogen) atoms. The Morgan fingerprint density at radius 3 is 2.62 bits per heavy atom. The molecule has 1 saturated heterocycles. The number of aryl methyl sites for hydroxylation is 1. The molecule has 3 rings (SSSR count). The molecule has 0 radical (unpaired) electrons. The van der Waals surface area contributed by atoms with Crippen molar-refractivity contribution in [3.63, 3.8) is 0 Å². The lowest BCUT2D eigenvalue weighted by Gasteiger charge is -2.39. The van der Waals surface area contributed by atoms with Gasteiger partial charge in [-0.25, -0.2) is 0 Å². The van der Waals surface area contributed by atoms with Crippen molar-refractivity contribution in [1.29, 1.82) is 0 Å². The quantitative estimate of drug-likeness (QED) is 0.658. The molecule has 1 aromatic rings. The van der Waals surface area contributed by atoms with Gasteiger partial charge >= 0.3 is 0 Å². The lowest BCUT2D eigenvalue weighted by molar-refractivity contribution is -0.138. The number of hydrogen-bond acceptors (Lipinski definition) is 8. The van der Waals surface area contributed by atoms with Crippen molar-refractivity contribution >= 4 is 12.4 Å². The van der Waals surface area contributed by atoms with E-state index in [-0.39, 0.29) is 24.4 Å². The predicted octanol–water partition coefficient (Wildman–Crippen LogP) is 0.990. The molecule has 3 atom stereocenters. The zero-order valence-electron chi connectivity index (χ0n) is 17.4. The number of hydrogen-bond donors (Lipinski definition) is 2. The maximum absolute atomic E-state index is 12.8. The van der Waals surface area contributed by atoms with Crippen molar-refractivity contribution in [2.24, 2.45) is 5.92 Å². The van der Waals surface area contributed by atoms with Crippen molar-refractivity contribution in [3.05, 3.63) is 11.7 Å². The van der Waals surface area contributed by atoms with E-state index >= 15 is 0 Å². The minimum Gasteiger partial charge on any atom is -0.483 e. The summed E-state index contributed by atoms with van der Waals surface area (Å²) in [6.07, 6.45) is 4.69. The molecule has 1 aliphatic carbocycles. The molecular weight excluding hydrogens is 380 g/mol. The number of carbonyl (C=O) groups excluding carboxylic acids is 1. The molecule has 1 saturated carbocycles. The van der Waals surface area contributed by atoms with E-state index in [1.807, 2.05) is 0 Å². The molecule has 2 N–H and O–H groups in total. The van der Waals surface area contributed by atoms with Gasteiger partial charge in [0.15, 0.2) is 5.82 Å². The van der Waals surface area contributed by atoms with Gasteiger partial charge in [-0.2, -0.15) is 4.98 Å². The van der Waals surface area contributed by atoms with Gasteiger partial charge in [-0.15, -0.1) is 0 Å². The molecule has 164 valence electrons. The third-order valence-electron chi connectivity index (χ3n) is 5.43. The summed E-state index contributed by atoms with van der Waals surface area (Å²) in [4.78, 5) is 27.0. The van der Waals surface area contributed by atoms with Crippen LogP contribution in [-0.4, -0.2) is 78.1 Å². The maximum Gasteiger partial charge on any atom is 0.290 e. The molecule has 10 heteroatoms. The fraction of sp³-hybridized carbons (Fsp3) is 0.789. The third kappa shape index (κ3) is 7.06. The highest BCUT2D eigenvalue weighted by Crippen LogP contribution is 2.29. The summed E-state index contributed by atoms with van der Waals surface area (Å²) in [5, 5.41) is 14.4. The van der Waals surface area contributed by atoms with Gasteiger partial charge in [0.05, 0.1) is 12.6 Å². The van der Waals surface area contributed by atoms with Gasteiger partial charge in [-0.1, -0.05) is 5.16 Å². The predicted molar refractivity (Wildman–Crippen MR) is 103 cm³/mol. The molecule has 0 spiro atoms. The number of nitrogens with zero attached hydrogens (tertiary/aromatic N) is 3. The summed E-state index contributed by atoms with van der Waals surface area (Å²) in [5.41, 5.74) is 0. The van der Waals surface area contributed by atoms with Crippen LogP contribution in [-0.2, 0) is 25.6 Å². The Balaban J connectivity index is 0.000000941. The van der Waals surface area contributed by atoms with Crippen LogP contribution in [0.2, 0.25) is 0 Å². The molecule has 1 aromatic heterocycles. The number of rotatable bonds is 6. The van der Waals surface area contributed by atoms with Gasteiger partial charge < -0.3 is 29.3 Å². The Kier molecular flexibility index (Phi) is 9.49. The normalized spacial score (nSPS) is 25.0. The Hall–Kier alpha value is -2.04. The van der Waals surface area contributed by atoms with Gasteiger partial charge in [0, 0.05) is 45.4 Å². The summed E-state index contributed by atoms with van der Waals surface area (Å²) in [7, 11) is 3.52. The number of carboxylic acid groups (broad SMARTS) is 1. The van der Waals surface area contributed by atoms with Gasteiger partial charge in [-0.3, -0.25) is 9.59 Å². The number of nitrogens with one attached hydrogen (secondary N) is 1. The average molecular weight is 412 g/mol. The second-order valence-corrected chi connectivity index (χ2v) is 7.48. The van der Waals surface area contributed by atoms with Crippen LogP contribution in [0.15, 0.2) is 4.52 Å².